The molecule has 4 heteroatoms. The van der Waals surface area contributed by atoms with Crippen molar-refractivity contribution in [1.82, 2.24) is 10.2 Å². The fourth-order valence-corrected chi connectivity index (χ4v) is 2.52. The zero-order valence-corrected chi connectivity index (χ0v) is 12.9. The number of carbonyl (C=O) groups excluding carboxylic acids is 2. The average molecular weight is 268 g/mol. The minimum absolute atomic E-state index is 0.00316. The molecule has 0 saturated carbocycles. The van der Waals surface area contributed by atoms with Gasteiger partial charge in [0.15, 0.2) is 0 Å². The van der Waals surface area contributed by atoms with Crippen LogP contribution in [0.1, 0.15) is 53.9 Å². The normalized spacial score (nSPS) is 24.9. The Morgan fingerprint density at radius 1 is 1.26 bits per heavy atom. The van der Waals surface area contributed by atoms with Crippen molar-refractivity contribution >= 4 is 11.8 Å². The van der Waals surface area contributed by atoms with E-state index in [4.69, 9.17) is 0 Å². The van der Waals surface area contributed by atoms with E-state index in [0.29, 0.717) is 12.3 Å². The Kier molecular flexibility index (Phi) is 5.83. The first-order chi connectivity index (χ1) is 8.82. The summed E-state index contributed by atoms with van der Waals surface area (Å²) in [5.74, 6) is 0.857. The Bertz CT molecular complexity index is 326. The molecule has 4 nitrogen and oxygen atoms in total. The van der Waals surface area contributed by atoms with E-state index in [-0.39, 0.29) is 29.8 Å². The highest BCUT2D eigenvalue weighted by Crippen LogP contribution is 2.17. The van der Waals surface area contributed by atoms with Gasteiger partial charge in [0.1, 0.15) is 6.04 Å². The van der Waals surface area contributed by atoms with Crippen LogP contribution in [0.15, 0.2) is 0 Å². The minimum Gasteiger partial charge on any atom is -0.344 e. The first kappa shape index (κ1) is 16.0. The van der Waals surface area contributed by atoms with E-state index in [2.05, 4.69) is 19.2 Å². The first-order valence-corrected chi connectivity index (χ1v) is 7.42. The Hall–Kier alpha value is -1.06. The second kappa shape index (κ2) is 6.92. The van der Waals surface area contributed by atoms with Gasteiger partial charge in [0.25, 0.3) is 0 Å². The number of amides is 2. The van der Waals surface area contributed by atoms with E-state index in [9.17, 15) is 9.59 Å². The predicted octanol–water partition coefficient (Wildman–Crippen LogP) is 2.18. The second-order valence-corrected chi connectivity index (χ2v) is 6.41. The van der Waals surface area contributed by atoms with Crippen LogP contribution in [0.25, 0.3) is 0 Å². The lowest BCUT2D eigenvalue weighted by molar-refractivity contribution is -0.136. The average Bonchev–Trinajstić information content (AvgIpc) is 2.39. The molecule has 1 aliphatic heterocycles. The molecule has 1 fully saturated rings. The third-order valence-electron chi connectivity index (χ3n) is 3.73. The van der Waals surface area contributed by atoms with Crippen molar-refractivity contribution in [1.29, 1.82) is 0 Å². The van der Waals surface area contributed by atoms with E-state index in [1.807, 2.05) is 25.7 Å². The minimum atomic E-state index is -0.364. The largest absolute Gasteiger partial charge is 0.344 e. The first-order valence-electron chi connectivity index (χ1n) is 7.42. The second-order valence-electron chi connectivity index (χ2n) is 6.41. The van der Waals surface area contributed by atoms with Gasteiger partial charge in [-0.2, -0.15) is 0 Å². The molecular formula is C15H28N2O2. The highest BCUT2D eigenvalue weighted by Gasteiger charge is 2.34. The standard InChI is InChI=1S/C15H28N2O2/c1-10(2)7-6-8-17-12(5)9-13(18)16-14(11(3)4)15(17)19/h10-12,14H,6-9H2,1-5H3,(H,16,18). The lowest BCUT2D eigenvalue weighted by atomic mass is 10.0. The number of hydrogen-bond donors (Lipinski definition) is 1. The molecule has 0 aliphatic carbocycles. The van der Waals surface area contributed by atoms with Gasteiger partial charge in [-0.1, -0.05) is 27.7 Å². The Labute approximate surface area is 116 Å². The van der Waals surface area contributed by atoms with Crippen molar-refractivity contribution in [2.75, 3.05) is 6.54 Å². The Balaban J connectivity index is 2.74. The van der Waals surface area contributed by atoms with Gasteiger partial charge in [-0.3, -0.25) is 9.59 Å². The number of rotatable bonds is 5. The monoisotopic (exact) mass is 268 g/mol. The highest BCUT2D eigenvalue weighted by molar-refractivity contribution is 5.90. The van der Waals surface area contributed by atoms with Crippen LogP contribution in [-0.2, 0) is 9.59 Å². The van der Waals surface area contributed by atoms with Crippen molar-refractivity contribution in [2.45, 2.75) is 66.0 Å². The molecule has 1 N–H and O–H groups in total. The van der Waals surface area contributed by atoms with Crippen molar-refractivity contribution in [2.24, 2.45) is 11.8 Å². The van der Waals surface area contributed by atoms with E-state index < -0.39 is 0 Å². The fraction of sp³-hybridized carbons (Fsp3) is 0.867. The molecule has 1 rings (SSSR count). The van der Waals surface area contributed by atoms with Crippen molar-refractivity contribution in [3.63, 3.8) is 0 Å². The summed E-state index contributed by atoms with van der Waals surface area (Å²) in [7, 11) is 0. The predicted molar refractivity (Wildman–Crippen MR) is 76.6 cm³/mol. The molecule has 0 radical (unpaired) electrons. The third kappa shape index (κ3) is 4.51. The van der Waals surface area contributed by atoms with Crippen LogP contribution in [0.4, 0.5) is 0 Å². The molecule has 0 aromatic carbocycles. The summed E-state index contributed by atoms with van der Waals surface area (Å²) in [6.45, 7) is 11.1. The summed E-state index contributed by atoms with van der Waals surface area (Å²) in [6, 6.07) is -0.361. The topological polar surface area (TPSA) is 49.4 Å². The highest BCUT2D eigenvalue weighted by atomic mass is 16.2. The van der Waals surface area contributed by atoms with E-state index in [1.54, 1.807) is 0 Å². The van der Waals surface area contributed by atoms with Crippen LogP contribution in [0.5, 0.6) is 0 Å². The zero-order chi connectivity index (χ0) is 14.6. The summed E-state index contributed by atoms with van der Waals surface area (Å²) < 4.78 is 0. The molecule has 0 spiro atoms. The van der Waals surface area contributed by atoms with E-state index >= 15 is 0 Å². The lowest BCUT2D eigenvalue weighted by Crippen LogP contribution is -2.49. The summed E-state index contributed by atoms with van der Waals surface area (Å²) >= 11 is 0. The van der Waals surface area contributed by atoms with Crippen LogP contribution >= 0.6 is 0 Å². The molecule has 2 unspecified atom stereocenters. The molecule has 2 amide bonds. The summed E-state index contributed by atoms with van der Waals surface area (Å²) in [5.41, 5.74) is 0. The zero-order valence-electron chi connectivity index (χ0n) is 12.9. The SMILES string of the molecule is CC(C)CCCN1C(=O)C(C(C)C)NC(=O)CC1C. The third-order valence-corrected chi connectivity index (χ3v) is 3.73. The van der Waals surface area contributed by atoms with Gasteiger partial charge in [-0.05, 0) is 31.6 Å². The number of nitrogens with one attached hydrogen (secondary N) is 1. The Morgan fingerprint density at radius 2 is 1.89 bits per heavy atom. The summed E-state index contributed by atoms with van der Waals surface area (Å²) in [6.07, 6.45) is 2.54. The van der Waals surface area contributed by atoms with Crippen LogP contribution in [0, 0.1) is 11.8 Å². The van der Waals surface area contributed by atoms with E-state index in [1.165, 1.54) is 0 Å². The molecule has 1 saturated heterocycles. The number of carbonyl (C=O) groups is 2. The van der Waals surface area contributed by atoms with Gasteiger partial charge < -0.3 is 10.2 Å². The number of nitrogens with zero attached hydrogens (tertiary/aromatic N) is 1. The maximum Gasteiger partial charge on any atom is 0.245 e. The molecule has 19 heavy (non-hydrogen) atoms. The fourth-order valence-electron chi connectivity index (χ4n) is 2.52. The van der Waals surface area contributed by atoms with Crippen molar-refractivity contribution < 1.29 is 9.59 Å². The van der Waals surface area contributed by atoms with Gasteiger partial charge in [0.05, 0.1) is 0 Å². The maximum absolute atomic E-state index is 12.5. The molecule has 110 valence electrons. The van der Waals surface area contributed by atoms with Gasteiger partial charge in [-0.25, -0.2) is 0 Å². The van der Waals surface area contributed by atoms with Crippen LogP contribution in [-0.4, -0.2) is 35.3 Å². The summed E-state index contributed by atoms with van der Waals surface area (Å²) in [5, 5.41) is 2.86. The lowest BCUT2D eigenvalue weighted by Gasteiger charge is -2.30. The van der Waals surface area contributed by atoms with Gasteiger partial charge in [0.2, 0.25) is 11.8 Å². The molecule has 0 aromatic heterocycles. The molecule has 1 heterocycles. The molecule has 2 atom stereocenters. The Morgan fingerprint density at radius 3 is 2.42 bits per heavy atom. The quantitative estimate of drug-likeness (QED) is 0.831. The molecule has 1 aliphatic rings. The summed E-state index contributed by atoms with van der Waals surface area (Å²) in [4.78, 5) is 26.2. The molecular weight excluding hydrogens is 240 g/mol. The van der Waals surface area contributed by atoms with Gasteiger partial charge in [-0.15, -0.1) is 0 Å². The maximum atomic E-state index is 12.5. The molecule has 0 aromatic rings. The smallest absolute Gasteiger partial charge is 0.245 e. The van der Waals surface area contributed by atoms with Crippen LogP contribution in [0.2, 0.25) is 0 Å². The van der Waals surface area contributed by atoms with Crippen molar-refractivity contribution in [3.8, 4) is 0 Å². The van der Waals surface area contributed by atoms with Crippen LogP contribution < -0.4 is 5.32 Å². The van der Waals surface area contributed by atoms with Gasteiger partial charge >= 0.3 is 0 Å². The van der Waals surface area contributed by atoms with Crippen LogP contribution in [0.3, 0.4) is 0 Å². The van der Waals surface area contributed by atoms with Gasteiger partial charge in [0, 0.05) is 19.0 Å². The van der Waals surface area contributed by atoms with E-state index in [0.717, 1.165) is 19.4 Å². The molecule has 0 bridgehead atoms. The number of hydrogen-bond acceptors (Lipinski definition) is 2. The van der Waals surface area contributed by atoms with Crippen molar-refractivity contribution in [3.05, 3.63) is 0 Å².